The van der Waals surface area contributed by atoms with Crippen molar-refractivity contribution < 1.29 is 8.42 Å². The molecule has 2 saturated heterocycles. The van der Waals surface area contributed by atoms with E-state index < -0.39 is 10.0 Å². The first kappa shape index (κ1) is 16.0. The fourth-order valence-electron chi connectivity index (χ4n) is 3.74. The molecular weight excluding hydrogens is 322 g/mol. The van der Waals surface area contributed by atoms with Crippen LogP contribution in [-0.4, -0.2) is 62.9 Å². The van der Waals surface area contributed by atoms with Crippen LogP contribution in [0.1, 0.15) is 6.42 Å². The van der Waals surface area contributed by atoms with Crippen molar-refractivity contribution in [2.75, 3.05) is 39.3 Å². The maximum Gasteiger partial charge on any atom is 0.243 e. The van der Waals surface area contributed by atoms with Gasteiger partial charge in [-0.3, -0.25) is 4.90 Å². The summed E-state index contributed by atoms with van der Waals surface area (Å²) in [7, 11) is -3.41. The van der Waals surface area contributed by atoms with Gasteiger partial charge in [-0.05, 0) is 35.9 Å². The van der Waals surface area contributed by atoms with Crippen molar-refractivity contribution in [3.63, 3.8) is 0 Å². The number of hydrogen-bond donors (Lipinski definition) is 1. The molecule has 0 radical (unpaired) electrons. The number of fused-ring (bicyclic) bond motifs is 1. The van der Waals surface area contributed by atoms with Crippen LogP contribution in [-0.2, 0) is 10.0 Å². The van der Waals surface area contributed by atoms with Crippen LogP contribution < -0.4 is 5.32 Å². The lowest BCUT2D eigenvalue weighted by atomic mass is 10.1. The van der Waals surface area contributed by atoms with Gasteiger partial charge in [-0.2, -0.15) is 4.31 Å². The molecule has 0 saturated carbocycles. The van der Waals surface area contributed by atoms with Crippen molar-refractivity contribution in [1.29, 1.82) is 0 Å². The molecule has 4 rings (SSSR count). The van der Waals surface area contributed by atoms with Crippen molar-refractivity contribution in [2.24, 2.45) is 0 Å². The highest BCUT2D eigenvalue weighted by Gasteiger charge is 2.31. The summed E-state index contributed by atoms with van der Waals surface area (Å²) in [6.45, 7) is 4.88. The van der Waals surface area contributed by atoms with Gasteiger partial charge in [0.25, 0.3) is 0 Å². The number of rotatable bonds is 3. The molecule has 2 aliphatic heterocycles. The normalized spacial score (nSPS) is 23.8. The number of piperazine rings is 1. The van der Waals surface area contributed by atoms with Crippen LogP contribution >= 0.6 is 0 Å². The summed E-state index contributed by atoms with van der Waals surface area (Å²) in [6.07, 6.45) is 1.16. The average Bonchev–Trinajstić information content (AvgIpc) is 3.16. The van der Waals surface area contributed by atoms with E-state index >= 15 is 0 Å². The molecule has 0 amide bonds. The summed E-state index contributed by atoms with van der Waals surface area (Å²) in [5.74, 6) is 0. The lowest BCUT2D eigenvalue weighted by molar-refractivity contribution is 0.145. The van der Waals surface area contributed by atoms with Crippen LogP contribution in [0.2, 0.25) is 0 Å². The standard InChI is InChI=1S/C18H23N3O2S/c22-24(23,18-6-5-15-3-1-2-4-16(15)13-18)21-11-9-20(10-12-21)17-7-8-19-14-17/h1-6,13,17,19H,7-12,14H2. The van der Waals surface area contributed by atoms with Gasteiger partial charge in [0.1, 0.15) is 0 Å². The summed E-state index contributed by atoms with van der Waals surface area (Å²) in [5, 5.41) is 5.41. The Morgan fingerprint density at radius 3 is 2.42 bits per heavy atom. The first-order valence-electron chi connectivity index (χ1n) is 8.58. The molecule has 0 bridgehead atoms. The van der Waals surface area contributed by atoms with Crippen molar-refractivity contribution in [3.8, 4) is 0 Å². The van der Waals surface area contributed by atoms with Gasteiger partial charge in [-0.25, -0.2) is 8.42 Å². The van der Waals surface area contributed by atoms with E-state index in [2.05, 4.69) is 10.2 Å². The highest BCUT2D eigenvalue weighted by molar-refractivity contribution is 7.89. The highest BCUT2D eigenvalue weighted by Crippen LogP contribution is 2.23. The summed E-state index contributed by atoms with van der Waals surface area (Å²) < 4.78 is 27.5. The predicted molar refractivity (Wildman–Crippen MR) is 95.6 cm³/mol. The minimum Gasteiger partial charge on any atom is -0.315 e. The van der Waals surface area contributed by atoms with E-state index in [4.69, 9.17) is 0 Å². The zero-order chi connectivity index (χ0) is 16.6. The van der Waals surface area contributed by atoms with Crippen LogP contribution in [0.3, 0.4) is 0 Å². The SMILES string of the molecule is O=S(=O)(c1ccc2ccccc2c1)N1CCN(C2CCNC2)CC1. The van der Waals surface area contributed by atoms with Gasteiger partial charge in [0, 0.05) is 38.8 Å². The maximum atomic E-state index is 13.0. The minimum atomic E-state index is -3.41. The first-order valence-corrected chi connectivity index (χ1v) is 10.0. The Labute approximate surface area is 143 Å². The molecule has 2 heterocycles. The van der Waals surface area contributed by atoms with Crippen molar-refractivity contribution in [1.82, 2.24) is 14.5 Å². The Hall–Kier alpha value is -1.47. The molecule has 2 aromatic rings. The van der Waals surface area contributed by atoms with Gasteiger partial charge in [0.2, 0.25) is 10.0 Å². The molecule has 2 aliphatic rings. The van der Waals surface area contributed by atoms with E-state index in [1.165, 1.54) is 0 Å². The number of sulfonamides is 1. The molecule has 128 valence electrons. The maximum absolute atomic E-state index is 13.0. The molecule has 1 N–H and O–H groups in total. The van der Waals surface area contributed by atoms with E-state index in [0.717, 1.165) is 43.4 Å². The molecule has 5 nitrogen and oxygen atoms in total. The van der Waals surface area contributed by atoms with Crippen LogP contribution in [0, 0.1) is 0 Å². The Kier molecular flexibility index (Phi) is 4.30. The summed E-state index contributed by atoms with van der Waals surface area (Å²) >= 11 is 0. The molecule has 24 heavy (non-hydrogen) atoms. The molecule has 2 aromatic carbocycles. The number of nitrogens with one attached hydrogen (secondary N) is 1. The highest BCUT2D eigenvalue weighted by atomic mass is 32.2. The molecule has 6 heteroatoms. The monoisotopic (exact) mass is 345 g/mol. The predicted octanol–water partition coefficient (Wildman–Crippen LogP) is 1.51. The third kappa shape index (κ3) is 2.95. The molecular formula is C18H23N3O2S. The second-order valence-corrected chi connectivity index (χ2v) is 8.53. The van der Waals surface area contributed by atoms with Crippen LogP contribution in [0.5, 0.6) is 0 Å². The van der Waals surface area contributed by atoms with Crippen LogP contribution in [0.25, 0.3) is 10.8 Å². The molecule has 0 aromatic heterocycles. The van der Waals surface area contributed by atoms with E-state index in [1.807, 2.05) is 30.3 Å². The van der Waals surface area contributed by atoms with Crippen molar-refractivity contribution in [3.05, 3.63) is 42.5 Å². The van der Waals surface area contributed by atoms with E-state index in [0.29, 0.717) is 24.0 Å². The van der Waals surface area contributed by atoms with Gasteiger partial charge in [0.05, 0.1) is 4.90 Å². The number of nitrogens with zero attached hydrogens (tertiary/aromatic N) is 2. The first-order chi connectivity index (χ1) is 11.6. The summed E-state index contributed by atoms with van der Waals surface area (Å²) in [5.41, 5.74) is 0. The topological polar surface area (TPSA) is 52.7 Å². The zero-order valence-electron chi connectivity index (χ0n) is 13.7. The Morgan fingerprint density at radius 1 is 0.958 bits per heavy atom. The van der Waals surface area contributed by atoms with Crippen molar-refractivity contribution >= 4 is 20.8 Å². The van der Waals surface area contributed by atoms with Crippen molar-refractivity contribution in [2.45, 2.75) is 17.4 Å². The lowest BCUT2D eigenvalue weighted by Gasteiger charge is -2.37. The molecule has 1 atom stereocenters. The van der Waals surface area contributed by atoms with E-state index in [1.54, 1.807) is 16.4 Å². The minimum absolute atomic E-state index is 0.400. The molecule has 0 aliphatic carbocycles. The zero-order valence-corrected chi connectivity index (χ0v) is 14.5. The summed E-state index contributed by atoms with van der Waals surface area (Å²) in [4.78, 5) is 2.82. The quantitative estimate of drug-likeness (QED) is 0.916. The Bertz CT molecular complexity index is 823. The number of benzene rings is 2. The number of hydrogen-bond acceptors (Lipinski definition) is 4. The van der Waals surface area contributed by atoms with Crippen LogP contribution in [0.15, 0.2) is 47.4 Å². The van der Waals surface area contributed by atoms with Gasteiger partial charge in [-0.1, -0.05) is 30.3 Å². The van der Waals surface area contributed by atoms with E-state index in [-0.39, 0.29) is 0 Å². The smallest absolute Gasteiger partial charge is 0.243 e. The van der Waals surface area contributed by atoms with Gasteiger partial charge in [-0.15, -0.1) is 0 Å². The Morgan fingerprint density at radius 2 is 1.71 bits per heavy atom. The fourth-order valence-corrected chi connectivity index (χ4v) is 5.20. The van der Waals surface area contributed by atoms with E-state index in [9.17, 15) is 8.42 Å². The molecule has 2 fully saturated rings. The third-order valence-electron chi connectivity index (χ3n) is 5.18. The fraction of sp³-hybridized carbons (Fsp3) is 0.444. The average molecular weight is 345 g/mol. The van der Waals surface area contributed by atoms with Gasteiger partial charge < -0.3 is 5.32 Å². The van der Waals surface area contributed by atoms with Crippen LogP contribution in [0.4, 0.5) is 0 Å². The second kappa shape index (κ2) is 6.44. The lowest BCUT2D eigenvalue weighted by Crippen LogP contribution is -2.52. The molecule has 1 unspecified atom stereocenters. The second-order valence-electron chi connectivity index (χ2n) is 6.60. The third-order valence-corrected chi connectivity index (χ3v) is 7.08. The molecule has 0 spiro atoms. The Balaban J connectivity index is 1.52. The van der Waals surface area contributed by atoms with Gasteiger partial charge >= 0.3 is 0 Å². The largest absolute Gasteiger partial charge is 0.315 e. The van der Waals surface area contributed by atoms with Gasteiger partial charge in [0.15, 0.2) is 0 Å². The summed E-state index contributed by atoms with van der Waals surface area (Å²) in [6, 6.07) is 13.8.